The van der Waals surface area contributed by atoms with E-state index in [0.29, 0.717) is 0 Å². The summed E-state index contributed by atoms with van der Waals surface area (Å²) in [4.78, 5) is 0. The van der Waals surface area contributed by atoms with Crippen molar-refractivity contribution in [2.75, 3.05) is 0 Å². The molecular formula is C14H18. The van der Waals surface area contributed by atoms with Gasteiger partial charge in [-0.3, -0.25) is 0 Å². The van der Waals surface area contributed by atoms with E-state index in [4.69, 9.17) is 0 Å². The largest absolute Gasteiger partial charge is 0.0881 e. The van der Waals surface area contributed by atoms with Gasteiger partial charge in [0.05, 0.1) is 0 Å². The predicted octanol–water partition coefficient (Wildman–Crippen LogP) is 4.32. The minimum atomic E-state index is 1.17. The summed E-state index contributed by atoms with van der Waals surface area (Å²) in [6.07, 6.45) is 10.5. The van der Waals surface area contributed by atoms with Crippen LogP contribution in [0.1, 0.15) is 40.0 Å². The Labute approximate surface area is 86.7 Å². The van der Waals surface area contributed by atoms with Gasteiger partial charge in [0.15, 0.2) is 0 Å². The van der Waals surface area contributed by atoms with Gasteiger partial charge in [0, 0.05) is 0 Å². The van der Waals surface area contributed by atoms with Crippen LogP contribution in [-0.4, -0.2) is 0 Å². The van der Waals surface area contributed by atoms with Crippen molar-refractivity contribution in [1.29, 1.82) is 0 Å². The fraction of sp³-hybridized carbons (Fsp3) is 0.429. The highest BCUT2D eigenvalue weighted by Gasteiger charge is 2.18. The molecule has 74 valence electrons. The van der Waals surface area contributed by atoms with Crippen molar-refractivity contribution in [2.24, 2.45) is 0 Å². The lowest BCUT2D eigenvalue weighted by atomic mass is 9.99. The summed E-state index contributed by atoms with van der Waals surface area (Å²) in [6, 6.07) is 0. The van der Waals surface area contributed by atoms with Crippen molar-refractivity contribution in [3.63, 3.8) is 0 Å². The molecule has 2 aliphatic carbocycles. The zero-order chi connectivity index (χ0) is 10.1. The Hall–Kier alpha value is -1.04. The van der Waals surface area contributed by atoms with Crippen LogP contribution < -0.4 is 0 Å². The van der Waals surface area contributed by atoms with Crippen molar-refractivity contribution < 1.29 is 0 Å². The maximum atomic E-state index is 2.29. The van der Waals surface area contributed by atoms with Gasteiger partial charge < -0.3 is 0 Å². The summed E-state index contributed by atoms with van der Waals surface area (Å²) >= 11 is 0. The third-order valence-electron chi connectivity index (χ3n) is 3.39. The van der Waals surface area contributed by atoms with Gasteiger partial charge in [0.2, 0.25) is 0 Å². The van der Waals surface area contributed by atoms with Crippen LogP contribution in [0.4, 0.5) is 0 Å². The van der Waals surface area contributed by atoms with Gasteiger partial charge in [0.25, 0.3) is 0 Å². The lowest BCUT2D eigenvalue weighted by Crippen LogP contribution is -1.87. The van der Waals surface area contributed by atoms with E-state index in [-0.39, 0.29) is 0 Å². The molecule has 0 nitrogen and oxygen atoms in total. The lowest BCUT2D eigenvalue weighted by molar-refractivity contribution is 0.908. The molecule has 2 rings (SSSR count). The van der Waals surface area contributed by atoms with Crippen LogP contribution in [0.25, 0.3) is 0 Å². The third kappa shape index (κ3) is 1.50. The fourth-order valence-corrected chi connectivity index (χ4v) is 2.30. The zero-order valence-electron chi connectivity index (χ0n) is 9.35. The smallest absolute Gasteiger partial charge is 0.00586 e. The van der Waals surface area contributed by atoms with Gasteiger partial charge in [-0.05, 0) is 56.8 Å². The SMILES string of the molecule is CC=C1CCC(C)=C2C=CC(C)=C2C1. The number of allylic oxidation sites excluding steroid dienone is 8. The Morgan fingerprint density at radius 2 is 1.93 bits per heavy atom. The molecule has 0 atom stereocenters. The van der Waals surface area contributed by atoms with Gasteiger partial charge in [0.1, 0.15) is 0 Å². The number of fused-ring (bicyclic) bond motifs is 1. The average molecular weight is 186 g/mol. The minimum absolute atomic E-state index is 1.17. The first-order valence-corrected chi connectivity index (χ1v) is 5.44. The van der Waals surface area contributed by atoms with Crippen LogP contribution in [-0.2, 0) is 0 Å². The van der Waals surface area contributed by atoms with E-state index in [1.54, 1.807) is 16.7 Å². The Morgan fingerprint density at radius 3 is 2.64 bits per heavy atom. The highest BCUT2D eigenvalue weighted by atomic mass is 14.2. The molecule has 0 spiro atoms. The van der Waals surface area contributed by atoms with Gasteiger partial charge in [-0.25, -0.2) is 0 Å². The van der Waals surface area contributed by atoms with E-state index >= 15 is 0 Å². The second kappa shape index (κ2) is 3.61. The molecule has 0 saturated carbocycles. The van der Waals surface area contributed by atoms with Crippen molar-refractivity contribution in [1.82, 2.24) is 0 Å². The predicted molar refractivity (Wildman–Crippen MR) is 62.1 cm³/mol. The summed E-state index contributed by atoms with van der Waals surface area (Å²) in [7, 11) is 0. The Bertz CT molecular complexity index is 373. The van der Waals surface area contributed by atoms with Crippen LogP contribution in [0.2, 0.25) is 0 Å². The Kier molecular flexibility index (Phi) is 2.45. The summed E-state index contributed by atoms with van der Waals surface area (Å²) in [5, 5.41) is 0. The summed E-state index contributed by atoms with van der Waals surface area (Å²) in [5.41, 5.74) is 7.69. The summed E-state index contributed by atoms with van der Waals surface area (Å²) in [6.45, 7) is 6.66. The maximum absolute atomic E-state index is 2.29. The van der Waals surface area contributed by atoms with E-state index in [1.807, 2.05) is 0 Å². The molecule has 0 amide bonds. The van der Waals surface area contributed by atoms with E-state index in [0.717, 1.165) is 0 Å². The molecule has 0 N–H and O–H groups in total. The molecule has 0 heterocycles. The van der Waals surface area contributed by atoms with Crippen LogP contribution in [0.15, 0.2) is 46.1 Å². The molecule has 0 aromatic carbocycles. The molecule has 2 aliphatic rings. The van der Waals surface area contributed by atoms with Gasteiger partial charge in [-0.1, -0.05) is 29.4 Å². The van der Waals surface area contributed by atoms with Crippen molar-refractivity contribution >= 4 is 0 Å². The van der Waals surface area contributed by atoms with Crippen LogP contribution in [0.3, 0.4) is 0 Å². The minimum Gasteiger partial charge on any atom is -0.0881 e. The van der Waals surface area contributed by atoms with Crippen LogP contribution >= 0.6 is 0 Å². The van der Waals surface area contributed by atoms with Crippen LogP contribution in [0.5, 0.6) is 0 Å². The summed E-state index contributed by atoms with van der Waals surface area (Å²) < 4.78 is 0. The molecule has 0 heteroatoms. The van der Waals surface area contributed by atoms with Gasteiger partial charge in [-0.2, -0.15) is 0 Å². The first kappa shape index (κ1) is 9.51. The van der Waals surface area contributed by atoms with E-state index < -0.39 is 0 Å². The molecule has 0 aromatic heterocycles. The first-order chi connectivity index (χ1) is 6.72. The quantitative estimate of drug-likeness (QED) is 0.494. The zero-order valence-corrected chi connectivity index (χ0v) is 9.35. The molecule has 0 bridgehead atoms. The number of hydrogen-bond donors (Lipinski definition) is 0. The van der Waals surface area contributed by atoms with Crippen molar-refractivity contribution in [3.8, 4) is 0 Å². The molecule has 0 fully saturated rings. The standard InChI is InChI=1S/C14H18/c1-4-12-7-5-10(2)13-8-6-11(3)14(13)9-12/h4,6,8H,5,7,9H2,1-3H3. The van der Waals surface area contributed by atoms with E-state index in [9.17, 15) is 0 Å². The van der Waals surface area contributed by atoms with E-state index in [2.05, 4.69) is 39.0 Å². The Morgan fingerprint density at radius 1 is 1.14 bits per heavy atom. The topological polar surface area (TPSA) is 0 Å². The highest BCUT2D eigenvalue weighted by molar-refractivity contribution is 5.57. The van der Waals surface area contributed by atoms with E-state index in [1.165, 1.54) is 30.4 Å². The van der Waals surface area contributed by atoms with Crippen molar-refractivity contribution in [3.05, 3.63) is 46.1 Å². The Balaban J connectivity index is 2.44. The second-order valence-electron chi connectivity index (χ2n) is 4.31. The van der Waals surface area contributed by atoms with Crippen molar-refractivity contribution in [2.45, 2.75) is 40.0 Å². The second-order valence-corrected chi connectivity index (χ2v) is 4.31. The van der Waals surface area contributed by atoms with Crippen LogP contribution in [0, 0.1) is 0 Å². The third-order valence-corrected chi connectivity index (χ3v) is 3.39. The monoisotopic (exact) mass is 186 g/mol. The fourth-order valence-electron chi connectivity index (χ4n) is 2.30. The van der Waals surface area contributed by atoms with Gasteiger partial charge >= 0.3 is 0 Å². The number of rotatable bonds is 0. The average Bonchev–Trinajstić information content (AvgIpc) is 2.45. The summed E-state index contributed by atoms with van der Waals surface area (Å²) in [5.74, 6) is 0. The molecule has 14 heavy (non-hydrogen) atoms. The molecular weight excluding hydrogens is 168 g/mol. The maximum Gasteiger partial charge on any atom is -0.00586 e. The highest BCUT2D eigenvalue weighted by Crippen LogP contribution is 2.37. The first-order valence-electron chi connectivity index (χ1n) is 5.44. The van der Waals surface area contributed by atoms with Gasteiger partial charge in [-0.15, -0.1) is 0 Å². The molecule has 0 unspecified atom stereocenters. The number of hydrogen-bond acceptors (Lipinski definition) is 0. The lowest BCUT2D eigenvalue weighted by Gasteiger charge is -2.06. The molecule has 0 aliphatic heterocycles. The normalized spacial score (nSPS) is 24.6. The molecule has 0 saturated heterocycles. The molecule has 0 radical (unpaired) electrons. The molecule has 0 aromatic rings.